The van der Waals surface area contributed by atoms with Crippen molar-refractivity contribution in [2.24, 2.45) is 4.99 Å². The molecular weight excluding hydrogens is 276 g/mol. The molecule has 1 aromatic heterocycles. The Labute approximate surface area is 129 Å². The third kappa shape index (κ3) is 2.16. The number of amidine groups is 1. The molecule has 1 aromatic rings. The van der Waals surface area contributed by atoms with Gasteiger partial charge in [-0.2, -0.15) is 10.4 Å². The van der Waals surface area contributed by atoms with E-state index in [1.54, 1.807) is 7.05 Å². The van der Waals surface area contributed by atoms with E-state index < -0.39 is 0 Å². The van der Waals surface area contributed by atoms with Gasteiger partial charge >= 0.3 is 0 Å². The molecule has 0 amide bonds. The molecule has 2 aliphatic heterocycles. The Balaban J connectivity index is 2.00. The first kappa shape index (κ1) is 14.3. The summed E-state index contributed by atoms with van der Waals surface area (Å²) >= 11 is 0. The Kier molecular flexibility index (Phi) is 3.65. The van der Waals surface area contributed by atoms with Gasteiger partial charge in [0.1, 0.15) is 11.4 Å². The molecule has 3 heterocycles. The highest BCUT2D eigenvalue weighted by molar-refractivity contribution is 6.11. The molecule has 0 aliphatic carbocycles. The second-order valence-corrected chi connectivity index (χ2v) is 5.42. The fourth-order valence-electron chi connectivity index (χ4n) is 2.80. The summed E-state index contributed by atoms with van der Waals surface area (Å²) in [5.41, 5.74) is 2.73. The Morgan fingerprint density at radius 1 is 1.64 bits per heavy atom. The van der Waals surface area contributed by atoms with Crippen LogP contribution in [0, 0.1) is 11.3 Å². The van der Waals surface area contributed by atoms with Crippen LogP contribution in [0.4, 0.5) is 0 Å². The van der Waals surface area contributed by atoms with Gasteiger partial charge in [-0.3, -0.25) is 9.67 Å². The number of hydrogen-bond acceptors (Lipinski definition) is 4. The first-order valence-corrected chi connectivity index (χ1v) is 7.14. The average Bonchev–Trinajstić information content (AvgIpc) is 3.13. The Hall–Kier alpha value is -2.65. The molecule has 0 bridgehead atoms. The van der Waals surface area contributed by atoms with Crippen molar-refractivity contribution in [1.82, 2.24) is 20.4 Å². The Morgan fingerprint density at radius 3 is 3.05 bits per heavy atom. The summed E-state index contributed by atoms with van der Waals surface area (Å²) in [6, 6.07) is 2.26. The third-order valence-electron chi connectivity index (χ3n) is 4.14. The lowest BCUT2D eigenvalue weighted by Gasteiger charge is -2.41. The molecule has 0 aromatic carbocycles. The van der Waals surface area contributed by atoms with Gasteiger partial charge in [0.05, 0.1) is 18.7 Å². The third-order valence-corrected chi connectivity index (χ3v) is 4.14. The SMILES string of the molecule is C=C/C(=C1/C=CNC1=NC)c1cnn(C2(CC#N)CNC2)c1. The van der Waals surface area contributed by atoms with Gasteiger partial charge in [-0.25, -0.2) is 0 Å². The number of nitrogens with one attached hydrogen (secondary N) is 2. The van der Waals surface area contributed by atoms with Crippen molar-refractivity contribution in [2.45, 2.75) is 12.0 Å². The Morgan fingerprint density at radius 2 is 2.45 bits per heavy atom. The zero-order valence-electron chi connectivity index (χ0n) is 12.5. The largest absolute Gasteiger partial charge is 0.346 e. The predicted molar refractivity (Wildman–Crippen MR) is 86.1 cm³/mol. The van der Waals surface area contributed by atoms with Crippen LogP contribution in [0.5, 0.6) is 0 Å². The molecule has 6 heteroatoms. The second kappa shape index (κ2) is 5.62. The van der Waals surface area contributed by atoms with Crippen LogP contribution in [0.1, 0.15) is 12.0 Å². The fourth-order valence-corrected chi connectivity index (χ4v) is 2.80. The normalized spacial score (nSPS) is 22.8. The van der Waals surface area contributed by atoms with Crippen LogP contribution in [-0.2, 0) is 5.54 Å². The molecule has 1 fully saturated rings. The van der Waals surface area contributed by atoms with Gasteiger partial charge in [-0.05, 0) is 11.6 Å². The number of hydrogen-bond donors (Lipinski definition) is 2. The van der Waals surface area contributed by atoms with Crippen molar-refractivity contribution >= 4 is 11.4 Å². The first-order valence-electron chi connectivity index (χ1n) is 7.14. The van der Waals surface area contributed by atoms with Crippen molar-refractivity contribution in [3.8, 4) is 6.07 Å². The van der Waals surface area contributed by atoms with Gasteiger partial charge in [0, 0.05) is 43.7 Å². The van der Waals surface area contributed by atoms with Crippen LogP contribution in [0.3, 0.4) is 0 Å². The van der Waals surface area contributed by atoms with Crippen LogP contribution in [0.25, 0.3) is 5.57 Å². The van der Waals surface area contributed by atoms with Crippen LogP contribution in [0.15, 0.2) is 47.9 Å². The molecule has 112 valence electrons. The molecular formula is C16H18N6. The van der Waals surface area contributed by atoms with Gasteiger partial charge < -0.3 is 10.6 Å². The molecule has 0 atom stereocenters. The highest BCUT2D eigenvalue weighted by Gasteiger charge is 2.39. The number of nitrogens with zero attached hydrogens (tertiary/aromatic N) is 4. The van der Waals surface area contributed by atoms with Crippen molar-refractivity contribution in [3.05, 3.63) is 48.5 Å². The average molecular weight is 294 g/mol. The van der Waals surface area contributed by atoms with Crippen molar-refractivity contribution in [3.63, 3.8) is 0 Å². The van der Waals surface area contributed by atoms with E-state index in [1.165, 1.54) is 0 Å². The molecule has 0 spiro atoms. The summed E-state index contributed by atoms with van der Waals surface area (Å²) in [5.74, 6) is 0.819. The number of nitriles is 1. The Bertz CT molecular complexity index is 724. The highest BCUT2D eigenvalue weighted by Crippen LogP contribution is 2.28. The molecule has 0 unspecified atom stereocenters. The van der Waals surface area contributed by atoms with Crippen molar-refractivity contribution in [1.29, 1.82) is 5.26 Å². The zero-order chi connectivity index (χ0) is 15.6. The quantitative estimate of drug-likeness (QED) is 0.874. The number of rotatable bonds is 4. The van der Waals surface area contributed by atoms with E-state index in [0.717, 1.165) is 35.6 Å². The van der Waals surface area contributed by atoms with Crippen LogP contribution >= 0.6 is 0 Å². The molecule has 1 saturated heterocycles. The van der Waals surface area contributed by atoms with Gasteiger partial charge in [-0.1, -0.05) is 12.7 Å². The van der Waals surface area contributed by atoms with Crippen molar-refractivity contribution in [2.75, 3.05) is 20.1 Å². The van der Waals surface area contributed by atoms with E-state index in [9.17, 15) is 0 Å². The second-order valence-electron chi connectivity index (χ2n) is 5.42. The summed E-state index contributed by atoms with van der Waals surface area (Å²) < 4.78 is 1.90. The van der Waals surface area contributed by atoms with Gasteiger partial charge in [-0.15, -0.1) is 0 Å². The van der Waals surface area contributed by atoms with E-state index in [4.69, 9.17) is 5.26 Å². The topological polar surface area (TPSA) is 78.0 Å². The standard InChI is InChI=1S/C16H18N6/c1-3-13(14-4-7-20-15(14)18-2)12-8-21-22(9-12)16(5-6-17)10-19-11-16/h3-4,7-9,19H,1,5,10-11H2,2H3,(H,18,20)/b14-13+. The molecule has 6 nitrogen and oxygen atoms in total. The van der Waals surface area contributed by atoms with Crippen molar-refractivity contribution < 1.29 is 0 Å². The lowest BCUT2D eigenvalue weighted by atomic mass is 9.89. The molecule has 0 saturated carbocycles. The first-order chi connectivity index (χ1) is 10.7. The summed E-state index contributed by atoms with van der Waals surface area (Å²) in [6.45, 7) is 5.45. The monoisotopic (exact) mass is 294 g/mol. The number of allylic oxidation sites excluding steroid dienone is 2. The van der Waals surface area contributed by atoms with E-state index in [-0.39, 0.29) is 5.54 Å². The van der Waals surface area contributed by atoms with Gasteiger partial charge in [0.15, 0.2) is 0 Å². The van der Waals surface area contributed by atoms with Crippen LogP contribution < -0.4 is 10.6 Å². The lowest BCUT2D eigenvalue weighted by molar-refractivity contribution is 0.160. The maximum absolute atomic E-state index is 9.05. The maximum Gasteiger partial charge on any atom is 0.132 e. The lowest BCUT2D eigenvalue weighted by Crippen LogP contribution is -2.60. The summed E-state index contributed by atoms with van der Waals surface area (Å²) in [5, 5.41) is 19.9. The van der Waals surface area contributed by atoms with E-state index >= 15 is 0 Å². The molecule has 22 heavy (non-hydrogen) atoms. The van der Waals surface area contributed by atoms with Gasteiger partial charge in [0.2, 0.25) is 0 Å². The van der Waals surface area contributed by atoms with E-state index in [2.05, 4.69) is 33.4 Å². The summed E-state index contributed by atoms with van der Waals surface area (Å²) in [7, 11) is 1.75. The predicted octanol–water partition coefficient (Wildman–Crippen LogP) is 1.18. The summed E-state index contributed by atoms with van der Waals surface area (Å²) in [6.07, 6.45) is 9.91. The number of aliphatic imine (C=N–C) groups is 1. The molecule has 2 N–H and O–H groups in total. The van der Waals surface area contributed by atoms with Gasteiger partial charge in [0.25, 0.3) is 0 Å². The van der Waals surface area contributed by atoms with E-state index in [1.807, 2.05) is 35.4 Å². The fraction of sp³-hybridized carbons (Fsp3) is 0.312. The molecule has 3 rings (SSSR count). The van der Waals surface area contributed by atoms with E-state index in [0.29, 0.717) is 6.42 Å². The maximum atomic E-state index is 9.05. The van der Waals surface area contributed by atoms with Crippen LogP contribution in [-0.4, -0.2) is 35.8 Å². The molecule has 2 aliphatic rings. The number of aromatic nitrogens is 2. The molecule has 0 radical (unpaired) electrons. The smallest absolute Gasteiger partial charge is 0.132 e. The minimum Gasteiger partial charge on any atom is -0.346 e. The zero-order valence-corrected chi connectivity index (χ0v) is 12.5. The highest BCUT2D eigenvalue weighted by atomic mass is 15.4. The van der Waals surface area contributed by atoms with Crippen LogP contribution in [0.2, 0.25) is 0 Å². The minimum atomic E-state index is -0.227. The summed E-state index contributed by atoms with van der Waals surface area (Å²) in [4.78, 5) is 4.23. The minimum absolute atomic E-state index is 0.227.